The summed E-state index contributed by atoms with van der Waals surface area (Å²) in [6, 6.07) is 6.88. The van der Waals surface area contributed by atoms with Crippen molar-refractivity contribution in [3.63, 3.8) is 0 Å². The van der Waals surface area contributed by atoms with Crippen molar-refractivity contribution in [1.29, 1.82) is 0 Å². The second-order valence-electron chi connectivity index (χ2n) is 3.51. The lowest BCUT2D eigenvalue weighted by atomic mass is 10.2. The van der Waals surface area contributed by atoms with Crippen LogP contribution in [0.25, 0.3) is 0 Å². The first-order valence-corrected chi connectivity index (χ1v) is 5.14. The van der Waals surface area contributed by atoms with Crippen molar-refractivity contribution in [3.05, 3.63) is 54.0 Å². The minimum Gasteiger partial charge on any atom is -0.384 e. The summed E-state index contributed by atoms with van der Waals surface area (Å²) in [7, 11) is 0. The van der Waals surface area contributed by atoms with Crippen molar-refractivity contribution >= 4 is 11.7 Å². The number of hydrogen-bond acceptors (Lipinski definition) is 4. The van der Waals surface area contributed by atoms with E-state index >= 15 is 0 Å². The van der Waals surface area contributed by atoms with E-state index in [1.165, 1.54) is 6.20 Å². The SMILES string of the molecule is Nc1cc(C(=O)NCc2cccnc2)ccn1. The van der Waals surface area contributed by atoms with Crippen LogP contribution >= 0.6 is 0 Å². The summed E-state index contributed by atoms with van der Waals surface area (Å²) in [5.41, 5.74) is 6.95. The largest absolute Gasteiger partial charge is 0.384 e. The Balaban J connectivity index is 1.98. The molecule has 17 heavy (non-hydrogen) atoms. The Kier molecular flexibility index (Phi) is 3.30. The van der Waals surface area contributed by atoms with Crippen LogP contribution in [-0.4, -0.2) is 15.9 Å². The molecule has 1 amide bonds. The lowest BCUT2D eigenvalue weighted by Gasteiger charge is -2.05. The summed E-state index contributed by atoms with van der Waals surface area (Å²) >= 11 is 0. The zero-order chi connectivity index (χ0) is 12.1. The standard InChI is InChI=1S/C12H12N4O/c13-11-6-10(3-5-15-11)12(17)16-8-9-2-1-4-14-7-9/h1-7H,8H2,(H2,13,15)(H,16,17). The van der Waals surface area contributed by atoms with Gasteiger partial charge in [-0.2, -0.15) is 0 Å². The highest BCUT2D eigenvalue weighted by Crippen LogP contribution is 2.03. The third-order valence-electron chi connectivity index (χ3n) is 2.22. The van der Waals surface area contributed by atoms with Gasteiger partial charge in [-0.25, -0.2) is 4.98 Å². The van der Waals surface area contributed by atoms with E-state index in [0.717, 1.165) is 5.56 Å². The summed E-state index contributed by atoms with van der Waals surface area (Å²) in [4.78, 5) is 19.6. The van der Waals surface area contributed by atoms with Crippen molar-refractivity contribution in [3.8, 4) is 0 Å². The van der Waals surface area contributed by atoms with Gasteiger partial charge in [0.1, 0.15) is 5.82 Å². The van der Waals surface area contributed by atoms with Gasteiger partial charge in [-0.15, -0.1) is 0 Å². The van der Waals surface area contributed by atoms with E-state index in [1.807, 2.05) is 12.1 Å². The first-order valence-electron chi connectivity index (χ1n) is 5.14. The molecule has 2 heterocycles. The van der Waals surface area contributed by atoms with Gasteiger partial charge < -0.3 is 11.1 Å². The molecule has 0 saturated carbocycles. The highest BCUT2D eigenvalue weighted by Gasteiger charge is 2.05. The molecule has 3 N–H and O–H groups in total. The summed E-state index contributed by atoms with van der Waals surface area (Å²) in [5, 5.41) is 2.78. The van der Waals surface area contributed by atoms with Gasteiger partial charge in [0, 0.05) is 30.7 Å². The quantitative estimate of drug-likeness (QED) is 0.820. The predicted molar refractivity (Wildman–Crippen MR) is 64.1 cm³/mol. The molecule has 2 aromatic rings. The molecule has 86 valence electrons. The maximum Gasteiger partial charge on any atom is 0.251 e. The van der Waals surface area contributed by atoms with Crippen LogP contribution < -0.4 is 11.1 Å². The highest BCUT2D eigenvalue weighted by molar-refractivity contribution is 5.94. The fourth-order valence-corrected chi connectivity index (χ4v) is 1.38. The summed E-state index contributed by atoms with van der Waals surface area (Å²) in [6.45, 7) is 0.439. The average molecular weight is 228 g/mol. The first kappa shape index (κ1) is 11.1. The van der Waals surface area contributed by atoms with Crippen LogP contribution in [0.2, 0.25) is 0 Å². The van der Waals surface area contributed by atoms with Gasteiger partial charge >= 0.3 is 0 Å². The number of nitrogens with one attached hydrogen (secondary N) is 1. The van der Waals surface area contributed by atoms with Gasteiger partial charge in [0.15, 0.2) is 0 Å². The Bertz CT molecular complexity index is 513. The Morgan fingerprint density at radius 3 is 2.94 bits per heavy atom. The normalized spacial score (nSPS) is 9.88. The molecule has 0 atom stereocenters. The Morgan fingerprint density at radius 1 is 1.35 bits per heavy atom. The third-order valence-corrected chi connectivity index (χ3v) is 2.22. The molecule has 0 aromatic carbocycles. The van der Waals surface area contributed by atoms with Crippen LogP contribution in [0.4, 0.5) is 5.82 Å². The number of hydrogen-bond donors (Lipinski definition) is 2. The van der Waals surface area contributed by atoms with Crippen molar-refractivity contribution < 1.29 is 4.79 Å². The Morgan fingerprint density at radius 2 is 2.24 bits per heavy atom. The molecule has 0 bridgehead atoms. The topological polar surface area (TPSA) is 80.9 Å². The minimum absolute atomic E-state index is 0.178. The number of nitrogens with two attached hydrogens (primary N) is 1. The Hall–Kier alpha value is -2.43. The second kappa shape index (κ2) is 5.07. The van der Waals surface area contributed by atoms with Crippen LogP contribution in [0, 0.1) is 0 Å². The molecule has 0 spiro atoms. The number of nitrogen functional groups attached to an aromatic ring is 1. The molecule has 0 fully saturated rings. The summed E-state index contributed by atoms with van der Waals surface area (Å²) < 4.78 is 0. The molecule has 0 aliphatic carbocycles. The maximum atomic E-state index is 11.8. The number of carbonyl (C=O) groups is 1. The second-order valence-corrected chi connectivity index (χ2v) is 3.51. The molecule has 2 aromatic heterocycles. The average Bonchev–Trinajstić information content (AvgIpc) is 2.37. The van der Waals surface area contributed by atoms with E-state index in [2.05, 4.69) is 15.3 Å². The Labute approximate surface area is 98.7 Å². The molecule has 0 unspecified atom stereocenters. The maximum absolute atomic E-state index is 11.8. The van der Waals surface area contributed by atoms with E-state index in [9.17, 15) is 4.79 Å². The van der Waals surface area contributed by atoms with Crippen LogP contribution in [0.1, 0.15) is 15.9 Å². The summed E-state index contributed by atoms with van der Waals surface area (Å²) in [6.07, 6.45) is 4.91. The van der Waals surface area contributed by atoms with Gasteiger partial charge in [-0.05, 0) is 23.8 Å². The number of anilines is 1. The van der Waals surface area contributed by atoms with Crippen LogP contribution in [0.15, 0.2) is 42.9 Å². The van der Waals surface area contributed by atoms with Crippen molar-refractivity contribution in [1.82, 2.24) is 15.3 Å². The fraction of sp³-hybridized carbons (Fsp3) is 0.0833. The monoisotopic (exact) mass is 228 g/mol. The van der Waals surface area contributed by atoms with E-state index in [0.29, 0.717) is 17.9 Å². The summed E-state index contributed by atoms with van der Waals surface area (Å²) in [5.74, 6) is 0.155. The molecular formula is C12H12N4O. The lowest BCUT2D eigenvalue weighted by molar-refractivity contribution is 0.0951. The highest BCUT2D eigenvalue weighted by atomic mass is 16.1. The lowest BCUT2D eigenvalue weighted by Crippen LogP contribution is -2.23. The molecule has 5 nitrogen and oxygen atoms in total. The van der Waals surface area contributed by atoms with Gasteiger partial charge in [0.25, 0.3) is 5.91 Å². The molecule has 0 aliphatic heterocycles. The molecule has 5 heteroatoms. The smallest absolute Gasteiger partial charge is 0.251 e. The zero-order valence-corrected chi connectivity index (χ0v) is 9.13. The van der Waals surface area contributed by atoms with Gasteiger partial charge in [-0.3, -0.25) is 9.78 Å². The molecule has 0 saturated heterocycles. The molecule has 2 rings (SSSR count). The number of rotatable bonds is 3. The molecule has 0 radical (unpaired) electrons. The van der Waals surface area contributed by atoms with E-state index in [1.54, 1.807) is 24.5 Å². The van der Waals surface area contributed by atoms with Crippen LogP contribution in [-0.2, 0) is 6.54 Å². The van der Waals surface area contributed by atoms with Crippen LogP contribution in [0.5, 0.6) is 0 Å². The first-order chi connectivity index (χ1) is 8.25. The number of aromatic nitrogens is 2. The van der Waals surface area contributed by atoms with Gasteiger partial charge in [0.05, 0.1) is 0 Å². The van der Waals surface area contributed by atoms with Gasteiger partial charge in [-0.1, -0.05) is 6.07 Å². The third kappa shape index (κ3) is 3.01. The van der Waals surface area contributed by atoms with Crippen molar-refractivity contribution in [2.75, 3.05) is 5.73 Å². The number of pyridine rings is 2. The number of nitrogens with zero attached hydrogens (tertiary/aromatic N) is 2. The number of carbonyl (C=O) groups excluding carboxylic acids is 1. The molecule has 0 aliphatic rings. The molecular weight excluding hydrogens is 216 g/mol. The fourth-order valence-electron chi connectivity index (χ4n) is 1.38. The zero-order valence-electron chi connectivity index (χ0n) is 9.13. The number of amides is 1. The van der Waals surface area contributed by atoms with E-state index in [-0.39, 0.29) is 5.91 Å². The van der Waals surface area contributed by atoms with E-state index in [4.69, 9.17) is 5.73 Å². The predicted octanol–water partition coefficient (Wildman–Crippen LogP) is 0.989. The van der Waals surface area contributed by atoms with Gasteiger partial charge in [0.2, 0.25) is 0 Å². The van der Waals surface area contributed by atoms with E-state index < -0.39 is 0 Å². The van der Waals surface area contributed by atoms with Crippen molar-refractivity contribution in [2.45, 2.75) is 6.54 Å². The van der Waals surface area contributed by atoms with Crippen molar-refractivity contribution in [2.24, 2.45) is 0 Å². The minimum atomic E-state index is -0.178. The van der Waals surface area contributed by atoms with Crippen LogP contribution in [0.3, 0.4) is 0 Å².